The lowest BCUT2D eigenvalue weighted by molar-refractivity contribution is -0.100. The predicted octanol–water partition coefficient (Wildman–Crippen LogP) is 4.61. The van der Waals surface area contributed by atoms with Crippen LogP contribution in [0.2, 0.25) is 0 Å². The van der Waals surface area contributed by atoms with Crippen molar-refractivity contribution in [3.63, 3.8) is 0 Å². The van der Waals surface area contributed by atoms with Gasteiger partial charge in [-0.15, -0.1) is 0 Å². The smallest absolute Gasteiger partial charge is 0.410 e. The molecule has 8 heteroatoms. The number of ether oxygens (including phenoxy) is 2. The second kappa shape index (κ2) is 9.39. The van der Waals surface area contributed by atoms with Gasteiger partial charge < -0.3 is 24.2 Å². The zero-order valence-electron chi connectivity index (χ0n) is 21.2. The van der Waals surface area contributed by atoms with Gasteiger partial charge in [0.1, 0.15) is 17.0 Å². The van der Waals surface area contributed by atoms with Gasteiger partial charge in [-0.25, -0.2) is 14.0 Å². The van der Waals surface area contributed by atoms with Gasteiger partial charge in [0.2, 0.25) is 0 Å². The summed E-state index contributed by atoms with van der Waals surface area (Å²) >= 11 is 0. The van der Waals surface area contributed by atoms with Crippen molar-refractivity contribution in [1.29, 1.82) is 0 Å². The summed E-state index contributed by atoms with van der Waals surface area (Å²) in [5, 5.41) is 0. The number of nitrogens with zero attached hydrogens (tertiary/aromatic N) is 3. The number of carbonyl (C=O) groups is 2. The van der Waals surface area contributed by atoms with Crippen LogP contribution in [0.25, 0.3) is 0 Å². The molecule has 0 N–H and O–H groups in total. The van der Waals surface area contributed by atoms with E-state index in [4.69, 9.17) is 9.47 Å². The molecular weight excluding hydrogens is 461 g/mol. The summed E-state index contributed by atoms with van der Waals surface area (Å²) < 4.78 is 25.4. The Bertz CT molecular complexity index is 1130. The van der Waals surface area contributed by atoms with Crippen molar-refractivity contribution < 1.29 is 23.5 Å². The van der Waals surface area contributed by atoms with Gasteiger partial charge in [0.05, 0.1) is 25.7 Å². The average Bonchev–Trinajstić information content (AvgIpc) is 3.25. The summed E-state index contributed by atoms with van der Waals surface area (Å²) in [6.45, 7) is 8.38. The first-order chi connectivity index (χ1) is 17.1. The predicted molar refractivity (Wildman–Crippen MR) is 133 cm³/mol. The second-order valence-electron chi connectivity index (χ2n) is 11.0. The molecule has 3 amide bonds. The van der Waals surface area contributed by atoms with E-state index in [1.54, 1.807) is 17.0 Å². The fraction of sp³-hybridized carbons (Fsp3) is 0.500. The highest BCUT2D eigenvalue weighted by Crippen LogP contribution is 2.38. The quantitative estimate of drug-likeness (QED) is 0.580. The van der Waals surface area contributed by atoms with Crippen LogP contribution in [-0.4, -0.2) is 77.4 Å². The van der Waals surface area contributed by atoms with Crippen molar-refractivity contribution in [3.05, 3.63) is 71.0 Å². The van der Waals surface area contributed by atoms with Gasteiger partial charge in [0.25, 0.3) is 0 Å². The van der Waals surface area contributed by atoms with E-state index in [-0.39, 0.29) is 24.0 Å². The molecule has 0 radical (unpaired) electrons. The van der Waals surface area contributed by atoms with E-state index in [9.17, 15) is 14.0 Å². The number of morpholine rings is 1. The van der Waals surface area contributed by atoms with E-state index >= 15 is 0 Å². The molecule has 0 aromatic heterocycles. The Hall–Kier alpha value is -3.13. The minimum atomic E-state index is -0.593. The number of urea groups is 1. The van der Waals surface area contributed by atoms with Crippen LogP contribution >= 0.6 is 0 Å². The highest BCUT2D eigenvalue weighted by Gasteiger charge is 2.47. The Morgan fingerprint density at radius 1 is 1.00 bits per heavy atom. The number of rotatable bonds is 1. The minimum Gasteiger partial charge on any atom is -0.444 e. The van der Waals surface area contributed by atoms with Crippen molar-refractivity contribution in [3.8, 4) is 0 Å². The van der Waals surface area contributed by atoms with Crippen LogP contribution in [0.3, 0.4) is 0 Å². The molecule has 36 heavy (non-hydrogen) atoms. The molecule has 7 nitrogen and oxygen atoms in total. The molecule has 1 spiro atoms. The fourth-order valence-electron chi connectivity index (χ4n) is 5.54. The number of carbonyl (C=O) groups excluding carboxylic acids is 2. The van der Waals surface area contributed by atoms with Gasteiger partial charge in [0.15, 0.2) is 0 Å². The van der Waals surface area contributed by atoms with Crippen molar-refractivity contribution in [2.75, 3.05) is 39.3 Å². The number of halogens is 1. The largest absolute Gasteiger partial charge is 0.444 e. The number of hydrogen-bond donors (Lipinski definition) is 0. The Kier molecular flexibility index (Phi) is 6.41. The van der Waals surface area contributed by atoms with Crippen molar-refractivity contribution >= 4 is 12.1 Å². The normalized spacial score (nSPS) is 24.1. The maximum atomic E-state index is 13.9. The van der Waals surface area contributed by atoms with E-state index in [1.165, 1.54) is 17.7 Å². The SMILES string of the molecule is CC(C)(C)OC(=O)N1CCO[C@]2(CCN(C(=O)N3CCc4ccccc4[C@@H]3c3ccc(F)cc3)C2)C1. The van der Waals surface area contributed by atoms with Crippen molar-refractivity contribution in [2.45, 2.75) is 50.9 Å². The average molecular weight is 496 g/mol. The maximum Gasteiger partial charge on any atom is 0.410 e. The summed E-state index contributed by atoms with van der Waals surface area (Å²) in [5.41, 5.74) is 2.00. The highest BCUT2D eigenvalue weighted by molar-refractivity contribution is 5.77. The highest BCUT2D eigenvalue weighted by atomic mass is 19.1. The molecular formula is C28H34FN3O4. The van der Waals surface area contributed by atoms with Crippen molar-refractivity contribution in [2.24, 2.45) is 0 Å². The Morgan fingerprint density at radius 2 is 1.72 bits per heavy atom. The number of likely N-dealkylation sites (tertiary alicyclic amines) is 1. The molecule has 3 aliphatic heterocycles. The number of hydrogen-bond acceptors (Lipinski definition) is 4. The first-order valence-electron chi connectivity index (χ1n) is 12.6. The van der Waals surface area contributed by atoms with Crippen molar-refractivity contribution in [1.82, 2.24) is 14.7 Å². The lowest BCUT2D eigenvalue weighted by atomic mass is 9.88. The minimum absolute atomic E-state index is 0.0614. The van der Waals surface area contributed by atoms with Gasteiger partial charge in [-0.1, -0.05) is 36.4 Å². The summed E-state index contributed by atoms with van der Waals surface area (Å²) in [5.74, 6) is -0.300. The van der Waals surface area contributed by atoms with Gasteiger partial charge >= 0.3 is 12.1 Å². The summed E-state index contributed by atoms with van der Waals surface area (Å²) in [6, 6.07) is 14.2. The lowest BCUT2D eigenvalue weighted by Crippen LogP contribution is -2.56. The van der Waals surface area contributed by atoms with Crippen LogP contribution in [0.4, 0.5) is 14.0 Å². The molecule has 0 saturated carbocycles. The van der Waals surface area contributed by atoms with Gasteiger partial charge in [-0.05, 0) is 62.4 Å². The Labute approximate surface area is 211 Å². The molecule has 3 aliphatic rings. The Morgan fingerprint density at radius 3 is 2.47 bits per heavy atom. The monoisotopic (exact) mass is 495 g/mol. The van der Waals surface area contributed by atoms with Crippen LogP contribution in [0.15, 0.2) is 48.5 Å². The molecule has 2 aromatic carbocycles. The first-order valence-corrected chi connectivity index (χ1v) is 12.6. The Balaban J connectivity index is 1.35. The van der Waals surface area contributed by atoms with Crippen LogP contribution in [0.5, 0.6) is 0 Å². The molecule has 0 unspecified atom stereocenters. The molecule has 2 fully saturated rings. The van der Waals surface area contributed by atoms with E-state index in [2.05, 4.69) is 12.1 Å². The topological polar surface area (TPSA) is 62.3 Å². The lowest BCUT2D eigenvalue weighted by Gasteiger charge is -2.42. The molecule has 3 heterocycles. The van der Waals surface area contributed by atoms with Crippen LogP contribution in [-0.2, 0) is 15.9 Å². The fourth-order valence-corrected chi connectivity index (χ4v) is 5.54. The molecule has 2 atom stereocenters. The molecule has 5 rings (SSSR count). The van der Waals surface area contributed by atoms with Crippen LogP contribution in [0.1, 0.15) is 49.9 Å². The number of benzene rings is 2. The summed E-state index contributed by atoms with van der Waals surface area (Å²) in [6.07, 6.45) is 1.07. The number of amides is 3. The molecule has 192 valence electrons. The van der Waals surface area contributed by atoms with E-state index < -0.39 is 11.2 Å². The van der Waals surface area contributed by atoms with E-state index in [0.717, 1.165) is 17.5 Å². The molecule has 2 aromatic rings. The zero-order valence-corrected chi connectivity index (χ0v) is 21.2. The second-order valence-corrected chi connectivity index (χ2v) is 11.0. The van der Waals surface area contributed by atoms with E-state index in [0.29, 0.717) is 45.8 Å². The third-order valence-electron chi connectivity index (χ3n) is 7.20. The maximum absolute atomic E-state index is 13.9. The summed E-state index contributed by atoms with van der Waals surface area (Å²) in [7, 11) is 0. The van der Waals surface area contributed by atoms with E-state index in [1.807, 2.05) is 42.7 Å². The first kappa shape index (κ1) is 24.6. The van der Waals surface area contributed by atoms with Crippen LogP contribution < -0.4 is 0 Å². The zero-order chi connectivity index (χ0) is 25.5. The van der Waals surface area contributed by atoms with Crippen LogP contribution in [0, 0.1) is 5.82 Å². The molecule has 0 bridgehead atoms. The standard InChI is InChI=1S/C28H34FN3O4/c1-27(2,3)36-26(34)31-16-17-35-28(19-31)13-15-30(18-28)25(33)32-14-12-20-6-4-5-7-23(20)24(32)21-8-10-22(29)11-9-21/h4-11,24H,12-19H2,1-3H3/t24-,28-/m0/s1. The van der Waals surface area contributed by atoms with Gasteiger partial charge in [-0.3, -0.25) is 0 Å². The molecule has 2 saturated heterocycles. The molecule has 0 aliphatic carbocycles. The van der Waals surface area contributed by atoms with Gasteiger partial charge in [-0.2, -0.15) is 0 Å². The van der Waals surface area contributed by atoms with Gasteiger partial charge in [0, 0.05) is 19.6 Å². The third kappa shape index (κ3) is 4.91. The third-order valence-corrected chi connectivity index (χ3v) is 7.20. The summed E-state index contributed by atoms with van der Waals surface area (Å²) in [4.78, 5) is 32.0. The number of fused-ring (bicyclic) bond motifs is 1.